The number of rotatable bonds is 4. The molecule has 0 atom stereocenters. The van der Waals surface area contributed by atoms with Crippen molar-refractivity contribution < 1.29 is 9.53 Å². The van der Waals surface area contributed by atoms with Crippen LogP contribution in [0.5, 0.6) is 0 Å². The van der Waals surface area contributed by atoms with E-state index in [1.165, 1.54) is 0 Å². The summed E-state index contributed by atoms with van der Waals surface area (Å²) in [6.45, 7) is 4.90. The molecule has 1 aliphatic heterocycles. The molecule has 0 aromatic heterocycles. The van der Waals surface area contributed by atoms with Crippen LogP contribution in [0.1, 0.15) is 16.8 Å². The van der Waals surface area contributed by atoms with Crippen LogP contribution >= 0.6 is 11.6 Å². The number of carbonyl (C=O) groups excluding carboxylic acids is 1. The number of nitrogens with zero attached hydrogens (tertiary/aromatic N) is 2. The molecule has 2 N–H and O–H groups in total. The molecule has 0 aliphatic carbocycles. The highest BCUT2D eigenvalue weighted by atomic mass is 35.5. The second-order valence-corrected chi connectivity index (χ2v) is 5.63. The number of anilines is 1. The molecule has 1 heterocycles. The predicted molar refractivity (Wildman–Crippen MR) is 84.7 cm³/mol. The van der Waals surface area contributed by atoms with Gasteiger partial charge in [0.25, 0.3) is 5.91 Å². The molecule has 1 saturated heterocycles. The van der Waals surface area contributed by atoms with E-state index in [-0.39, 0.29) is 5.91 Å². The monoisotopic (exact) mass is 311 g/mol. The normalized spacial score (nSPS) is 16.8. The zero-order valence-electron chi connectivity index (χ0n) is 12.3. The topological polar surface area (TPSA) is 58.8 Å². The van der Waals surface area contributed by atoms with Crippen LogP contribution in [0.2, 0.25) is 5.02 Å². The minimum atomic E-state index is -0.0408. The largest absolute Gasteiger partial charge is 0.399 e. The molecule has 1 aromatic rings. The number of amides is 1. The number of halogens is 1. The molecule has 1 aliphatic rings. The zero-order chi connectivity index (χ0) is 15.2. The van der Waals surface area contributed by atoms with Gasteiger partial charge in [0.1, 0.15) is 0 Å². The smallest absolute Gasteiger partial charge is 0.255 e. The van der Waals surface area contributed by atoms with Gasteiger partial charge < -0.3 is 15.4 Å². The van der Waals surface area contributed by atoms with Gasteiger partial charge in [-0.2, -0.15) is 0 Å². The first kappa shape index (κ1) is 16.1. The Bertz CT molecular complexity index is 496. The van der Waals surface area contributed by atoms with Gasteiger partial charge in [0, 0.05) is 39.0 Å². The van der Waals surface area contributed by atoms with E-state index in [0.717, 1.165) is 39.2 Å². The third-order valence-electron chi connectivity index (χ3n) is 3.71. The second-order valence-electron chi connectivity index (χ2n) is 5.22. The number of nitrogen functional groups attached to an aromatic ring is 1. The highest BCUT2D eigenvalue weighted by molar-refractivity contribution is 6.34. The van der Waals surface area contributed by atoms with Crippen LogP contribution in [0.3, 0.4) is 0 Å². The van der Waals surface area contributed by atoms with Crippen LogP contribution in [-0.2, 0) is 4.74 Å². The maximum Gasteiger partial charge on any atom is 0.255 e. The Morgan fingerprint density at radius 2 is 2.14 bits per heavy atom. The van der Waals surface area contributed by atoms with Crippen LogP contribution < -0.4 is 5.73 Å². The minimum absolute atomic E-state index is 0.0408. The van der Waals surface area contributed by atoms with Crippen molar-refractivity contribution in [1.82, 2.24) is 9.80 Å². The summed E-state index contributed by atoms with van der Waals surface area (Å²) in [7, 11) is 1.70. The summed E-state index contributed by atoms with van der Waals surface area (Å²) in [5.74, 6) is -0.0408. The summed E-state index contributed by atoms with van der Waals surface area (Å²) >= 11 is 6.12. The molecule has 0 saturated carbocycles. The fourth-order valence-corrected chi connectivity index (χ4v) is 2.69. The van der Waals surface area contributed by atoms with E-state index >= 15 is 0 Å². The van der Waals surface area contributed by atoms with Crippen molar-refractivity contribution in [2.24, 2.45) is 0 Å². The fraction of sp³-hybridized carbons (Fsp3) is 0.533. The minimum Gasteiger partial charge on any atom is -0.399 e. The average Bonchev–Trinajstić information content (AvgIpc) is 2.72. The Labute approximate surface area is 130 Å². The first-order valence-corrected chi connectivity index (χ1v) is 7.55. The predicted octanol–water partition coefficient (Wildman–Crippen LogP) is 1.72. The summed E-state index contributed by atoms with van der Waals surface area (Å²) in [4.78, 5) is 16.8. The lowest BCUT2D eigenvalue weighted by molar-refractivity contribution is 0.0759. The van der Waals surface area contributed by atoms with E-state index in [0.29, 0.717) is 22.8 Å². The molecule has 1 amide bonds. The third-order valence-corrected chi connectivity index (χ3v) is 4.04. The van der Waals surface area contributed by atoms with E-state index in [1.54, 1.807) is 25.3 Å². The number of hydrogen-bond acceptors (Lipinski definition) is 4. The van der Waals surface area contributed by atoms with Gasteiger partial charge in [-0.05, 0) is 31.2 Å². The lowest BCUT2D eigenvalue weighted by Crippen LogP contribution is -2.36. The van der Waals surface area contributed by atoms with Crippen LogP contribution in [-0.4, -0.2) is 62.1 Å². The van der Waals surface area contributed by atoms with Crippen molar-refractivity contribution in [2.45, 2.75) is 6.42 Å². The van der Waals surface area contributed by atoms with Gasteiger partial charge in [-0.1, -0.05) is 11.6 Å². The van der Waals surface area contributed by atoms with Crippen LogP contribution in [0.25, 0.3) is 0 Å². The third kappa shape index (κ3) is 4.33. The molecular weight excluding hydrogens is 290 g/mol. The maximum atomic E-state index is 12.6. The Kier molecular flexibility index (Phi) is 5.85. The molecule has 2 rings (SSSR count). The number of nitrogens with two attached hydrogens (primary N) is 1. The lowest BCUT2D eigenvalue weighted by Gasteiger charge is -2.22. The van der Waals surface area contributed by atoms with Gasteiger partial charge in [-0.15, -0.1) is 0 Å². The van der Waals surface area contributed by atoms with E-state index in [2.05, 4.69) is 4.90 Å². The molecule has 0 radical (unpaired) electrons. The van der Waals surface area contributed by atoms with Gasteiger partial charge in [0.2, 0.25) is 0 Å². The maximum absolute atomic E-state index is 12.6. The highest BCUT2D eigenvalue weighted by Crippen LogP contribution is 2.21. The van der Waals surface area contributed by atoms with Gasteiger partial charge in [0.15, 0.2) is 0 Å². The Balaban J connectivity index is 2.01. The van der Waals surface area contributed by atoms with E-state index in [4.69, 9.17) is 22.1 Å². The van der Waals surface area contributed by atoms with E-state index < -0.39 is 0 Å². The molecule has 21 heavy (non-hydrogen) atoms. The molecule has 0 bridgehead atoms. The number of ether oxygens (including phenoxy) is 1. The Morgan fingerprint density at radius 1 is 1.33 bits per heavy atom. The molecule has 0 spiro atoms. The first-order valence-electron chi connectivity index (χ1n) is 7.17. The number of hydrogen-bond donors (Lipinski definition) is 1. The molecule has 5 nitrogen and oxygen atoms in total. The van der Waals surface area contributed by atoms with Crippen LogP contribution in [0, 0.1) is 0 Å². The molecule has 1 fully saturated rings. The van der Waals surface area contributed by atoms with E-state index in [9.17, 15) is 4.79 Å². The standard InChI is InChI=1S/C15H22ClN3O2/c1-21-10-9-18-5-2-6-19(8-7-18)15(20)13-11-12(17)3-4-14(13)16/h3-4,11H,2,5-10,17H2,1H3. The van der Waals surface area contributed by atoms with Crippen molar-refractivity contribution >= 4 is 23.2 Å². The fourth-order valence-electron chi connectivity index (χ4n) is 2.50. The van der Waals surface area contributed by atoms with Crippen molar-refractivity contribution in [3.8, 4) is 0 Å². The molecule has 1 aromatic carbocycles. The first-order chi connectivity index (χ1) is 10.1. The number of benzene rings is 1. The Morgan fingerprint density at radius 3 is 2.90 bits per heavy atom. The number of methoxy groups -OCH3 is 1. The summed E-state index contributed by atoms with van der Waals surface area (Å²) in [6.07, 6.45) is 0.954. The van der Waals surface area contributed by atoms with Crippen molar-refractivity contribution in [3.05, 3.63) is 28.8 Å². The SMILES string of the molecule is COCCN1CCCN(C(=O)c2cc(N)ccc2Cl)CC1. The average molecular weight is 312 g/mol. The van der Waals surface area contributed by atoms with Crippen molar-refractivity contribution in [2.75, 3.05) is 52.2 Å². The van der Waals surface area contributed by atoms with Gasteiger partial charge >= 0.3 is 0 Å². The summed E-state index contributed by atoms with van der Waals surface area (Å²) in [6, 6.07) is 5.03. The summed E-state index contributed by atoms with van der Waals surface area (Å²) in [5, 5.41) is 0.453. The summed E-state index contributed by atoms with van der Waals surface area (Å²) < 4.78 is 5.10. The molecular formula is C15H22ClN3O2. The molecule has 116 valence electrons. The lowest BCUT2D eigenvalue weighted by atomic mass is 10.1. The highest BCUT2D eigenvalue weighted by Gasteiger charge is 2.21. The quantitative estimate of drug-likeness (QED) is 0.860. The van der Waals surface area contributed by atoms with Crippen LogP contribution in [0.4, 0.5) is 5.69 Å². The Hall–Kier alpha value is -1.30. The zero-order valence-corrected chi connectivity index (χ0v) is 13.1. The van der Waals surface area contributed by atoms with Gasteiger partial charge in [-0.25, -0.2) is 0 Å². The number of carbonyl (C=O) groups is 1. The molecule has 6 heteroatoms. The van der Waals surface area contributed by atoms with Crippen molar-refractivity contribution in [1.29, 1.82) is 0 Å². The van der Waals surface area contributed by atoms with Gasteiger partial charge in [-0.3, -0.25) is 9.69 Å². The van der Waals surface area contributed by atoms with E-state index in [1.807, 2.05) is 4.90 Å². The van der Waals surface area contributed by atoms with Gasteiger partial charge in [0.05, 0.1) is 17.2 Å². The van der Waals surface area contributed by atoms with Crippen molar-refractivity contribution in [3.63, 3.8) is 0 Å². The van der Waals surface area contributed by atoms with Crippen LogP contribution in [0.15, 0.2) is 18.2 Å². The second kappa shape index (κ2) is 7.64. The molecule has 0 unspecified atom stereocenters. The summed E-state index contributed by atoms with van der Waals surface area (Å²) in [5.41, 5.74) is 6.79.